The molecule has 0 aliphatic heterocycles. The minimum absolute atomic E-state index is 0.187. The lowest BCUT2D eigenvalue weighted by Crippen LogP contribution is -2.37. The number of phenols is 1. The number of hydrogen-bond acceptors (Lipinski definition) is 5. The second-order valence-corrected chi connectivity index (χ2v) is 6.81. The number of hydroxylamine groups is 1. The Bertz CT molecular complexity index is 605. The highest BCUT2D eigenvalue weighted by Gasteiger charge is 2.35. The van der Waals surface area contributed by atoms with E-state index in [-0.39, 0.29) is 11.7 Å². The summed E-state index contributed by atoms with van der Waals surface area (Å²) in [4.78, 5) is 28.6. The molecule has 2 atom stereocenters. The molecule has 0 saturated heterocycles. The summed E-state index contributed by atoms with van der Waals surface area (Å²) >= 11 is 0. The van der Waals surface area contributed by atoms with E-state index < -0.39 is 23.6 Å². The van der Waals surface area contributed by atoms with Gasteiger partial charge in [-0.25, -0.2) is 9.59 Å². The first-order valence-corrected chi connectivity index (χ1v) is 7.69. The average Bonchev–Trinajstić information content (AvgIpc) is 2.43. The van der Waals surface area contributed by atoms with Crippen molar-refractivity contribution in [1.82, 2.24) is 5.48 Å². The van der Waals surface area contributed by atoms with Crippen molar-refractivity contribution in [2.24, 2.45) is 5.92 Å². The zero-order chi connectivity index (χ0) is 17.2. The predicted octanol–water partition coefficient (Wildman–Crippen LogP) is 3.04. The molecule has 0 heterocycles. The topological polar surface area (TPSA) is 84.9 Å². The first kappa shape index (κ1) is 17.1. The zero-order valence-corrected chi connectivity index (χ0v) is 13.9. The highest BCUT2D eigenvalue weighted by atomic mass is 16.7. The molecule has 2 rings (SSSR count). The van der Waals surface area contributed by atoms with Crippen molar-refractivity contribution in [3.63, 3.8) is 0 Å². The van der Waals surface area contributed by atoms with Crippen molar-refractivity contribution >= 4 is 12.1 Å². The second-order valence-electron chi connectivity index (χ2n) is 6.81. The summed E-state index contributed by atoms with van der Waals surface area (Å²) < 4.78 is 5.01. The summed E-state index contributed by atoms with van der Waals surface area (Å²) in [7, 11) is 0. The number of phenolic OH excluding ortho intramolecular Hbond substituents is 1. The Labute approximate surface area is 135 Å². The fourth-order valence-electron chi connectivity index (χ4n) is 2.89. The third-order valence-electron chi connectivity index (χ3n) is 3.89. The third-order valence-corrected chi connectivity index (χ3v) is 3.89. The van der Waals surface area contributed by atoms with Gasteiger partial charge in [0.05, 0.1) is 5.92 Å². The van der Waals surface area contributed by atoms with E-state index in [4.69, 9.17) is 9.57 Å². The minimum Gasteiger partial charge on any atom is -0.508 e. The van der Waals surface area contributed by atoms with Crippen LogP contribution in [0.25, 0.3) is 0 Å². The van der Waals surface area contributed by atoms with Crippen LogP contribution in [-0.4, -0.2) is 22.8 Å². The first-order valence-electron chi connectivity index (χ1n) is 7.69. The van der Waals surface area contributed by atoms with Gasteiger partial charge in [0, 0.05) is 5.56 Å². The monoisotopic (exact) mass is 321 g/mol. The maximum Gasteiger partial charge on any atom is 0.441 e. The van der Waals surface area contributed by atoms with E-state index in [2.05, 4.69) is 0 Å². The molecule has 0 fully saturated rings. The Morgan fingerprint density at radius 2 is 2.00 bits per heavy atom. The van der Waals surface area contributed by atoms with Gasteiger partial charge in [-0.2, -0.15) is 0 Å². The van der Waals surface area contributed by atoms with Crippen LogP contribution in [0, 0.1) is 5.92 Å². The number of aryl methyl sites for hydroxylation is 1. The van der Waals surface area contributed by atoms with Crippen LogP contribution >= 0.6 is 0 Å². The van der Waals surface area contributed by atoms with Crippen molar-refractivity contribution in [2.45, 2.75) is 52.1 Å². The van der Waals surface area contributed by atoms with Gasteiger partial charge in [0.15, 0.2) is 0 Å². The van der Waals surface area contributed by atoms with E-state index >= 15 is 0 Å². The number of ether oxygens (including phenoxy) is 1. The summed E-state index contributed by atoms with van der Waals surface area (Å²) in [5.74, 6) is -0.955. The van der Waals surface area contributed by atoms with E-state index in [9.17, 15) is 14.7 Å². The van der Waals surface area contributed by atoms with Gasteiger partial charge in [0.25, 0.3) is 0 Å². The van der Waals surface area contributed by atoms with Crippen LogP contribution in [0.2, 0.25) is 0 Å². The molecule has 1 unspecified atom stereocenters. The maximum absolute atomic E-state index is 12.2. The smallest absolute Gasteiger partial charge is 0.441 e. The van der Waals surface area contributed by atoms with Crippen LogP contribution in [0.3, 0.4) is 0 Å². The van der Waals surface area contributed by atoms with Gasteiger partial charge in [-0.3, -0.25) is 0 Å². The molecule has 0 spiro atoms. The van der Waals surface area contributed by atoms with Gasteiger partial charge in [-0.05, 0) is 51.2 Å². The van der Waals surface area contributed by atoms with Gasteiger partial charge < -0.3 is 14.7 Å². The zero-order valence-electron chi connectivity index (χ0n) is 13.9. The molecule has 6 nitrogen and oxygen atoms in total. The number of aromatic hydroxyl groups is 1. The summed E-state index contributed by atoms with van der Waals surface area (Å²) in [6.45, 7) is 7.03. The normalized spacial score (nSPS) is 20.3. The lowest BCUT2D eigenvalue weighted by Gasteiger charge is -2.30. The van der Waals surface area contributed by atoms with E-state index in [1.54, 1.807) is 32.9 Å². The molecule has 6 heteroatoms. The number of carbonyl (C=O) groups excluding carboxylic acids is 2. The third kappa shape index (κ3) is 4.15. The molecular formula is C17H23NO5. The van der Waals surface area contributed by atoms with Crippen molar-refractivity contribution in [3.05, 3.63) is 29.3 Å². The van der Waals surface area contributed by atoms with E-state index in [0.29, 0.717) is 12.8 Å². The number of amides is 1. The molecule has 2 N–H and O–H groups in total. The van der Waals surface area contributed by atoms with Crippen LogP contribution in [0.5, 0.6) is 5.75 Å². The lowest BCUT2D eigenvalue weighted by atomic mass is 9.75. The Hall–Kier alpha value is -2.24. The second kappa shape index (κ2) is 6.48. The van der Waals surface area contributed by atoms with E-state index in [0.717, 1.165) is 11.1 Å². The molecule has 23 heavy (non-hydrogen) atoms. The number of rotatable bonds is 1. The molecule has 0 bridgehead atoms. The van der Waals surface area contributed by atoms with Gasteiger partial charge >= 0.3 is 12.1 Å². The molecule has 1 amide bonds. The molecule has 0 aromatic heterocycles. The van der Waals surface area contributed by atoms with Gasteiger partial charge in [-0.15, -0.1) is 5.48 Å². The van der Waals surface area contributed by atoms with Crippen molar-refractivity contribution < 1.29 is 24.3 Å². The number of fused-ring (bicyclic) bond motifs is 1. The Morgan fingerprint density at radius 3 is 2.65 bits per heavy atom. The van der Waals surface area contributed by atoms with Gasteiger partial charge in [0.1, 0.15) is 11.4 Å². The fourth-order valence-corrected chi connectivity index (χ4v) is 2.89. The number of benzene rings is 1. The summed E-state index contributed by atoms with van der Waals surface area (Å²) in [6.07, 6.45) is 0.477. The van der Waals surface area contributed by atoms with Crippen LogP contribution in [0.4, 0.5) is 4.79 Å². The van der Waals surface area contributed by atoms with Crippen molar-refractivity contribution in [2.75, 3.05) is 0 Å². The van der Waals surface area contributed by atoms with Gasteiger partial charge in [0.2, 0.25) is 0 Å². The molecule has 1 aromatic carbocycles. The first-order chi connectivity index (χ1) is 10.7. The van der Waals surface area contributed by atoms with Crippen molar-refractivity contribution in [1.29, 1.82) is 0 Å². The Kier molecular flexibility index (Phi) is 4.82. The largest absolute Gasteiger partial charge is 0.508 e. The molecule has 1 aromatic rings. The molecule has 126 valence electrons. The lowest BCUT2D eigenvalue weighted by molar-refractivity contribution is -0.156. The molecule has 1 aliphatic carbocycles. The Morgan fingerprint density at radius 1 is 1.30 bits per heavy atom. The predicted molar refractivity (Wildman–Crippen MR) is 83.8 cm³/mol. The van der Waals surface area contributed by atoms with E-state index in [1.165, 1.54) is 0 Å². The van der Waals surface area contributed by atoms with Crippen molar-refractivity contribution in [3.8, 4) is 5.75 Å². The maximum atomic E-state index is 12.2. The Balaban J connectivity index is 1.99. The quantitative estimate of drug-likeness (QED) is 0.777. The van der Waals surface area contributed by atoms with Crippen LogP contribution < -0.4 is 5.48 Å². The van der Waals surface area contributed by atoms with E-state index in [1.807, 2.05) is 18.5 Å². The number of carbonyl (C=O) groups is 2. The summed E-state index contributed by atoms with van der Waals surface area (Å²) in [5, 5.41) is 10.0. The highest BCUT2D eigenvalue weighted by molar-refractivity contribution is 5.77. The molecule has 0 radical (unpaired) electrons. The molecule has 0 saturated carbocycles. The van der Waals surface area contributed by atoms with Gasteiger partial charge in [-0.1, -0.05) is 19.1 Å². The van der Waals surface area contributed by atoms with Crippen LogP contribution in [0.1, 0.15) is 51.2 Å². The number of hydrogen-bond donors (Lipinski definition) is 2. The highest BCUT2D eigenvalue weighted by Crippen LogP contribution is 2.40. The summed E-state index contributed by atoms with van der Waals surface area (Å²) in [6, 6.07) is 5.36. The fraction of sp³-hybridized carbons (Fsp3) is 0.529. The average molecular weight is 321 g/mol. The van der Waals surface area contributed by atoms with Crippen LogP contribution in [-0.2, 0) is 20.8 Å². The standard InChI is InChI=1S/C17H23NO5/c1-10-12(9-8-11-6-5-7-13(19)14(10)11)15(20)23-18-16(21)22-17(2,3)4/h5-7,10,12,19H,8-9H2,1-4H3,(H,18,21)/t10?,12-/m1/s1. The minimum atomic E-state index is -0.808. The molecular weight excluding hydrogens is 298 g/mol. The molecule has 1 aliphatic rings. The summed E-state index contributed by atoms with van der Waals surface area (Å²) in [5.41, 5.74) is 3.17. The number of nitrogens with one attached hydrogen (secondary N) is 1. The van der Waals surface area contributed by atoms with Crippen LogP contribution in [0.15, 0.2) is 18.2 Å². The SMILES string of the molecule is CC1c2c(O)cccc2CC[C@H]1C(=O)ONC(=O)OC(C)(C)C.